The van der Waals surface area contributed by atoms with Gasteiger partial charge in [0.25, 0.3) is 11.5 Å². The lowest BCUT2D eigenvalue weighted by molar-refractivity contribution is 0.0484. The second-order valence-corrected chi connectivity index (χ2v) is 8.80. The van der Waals surface area contributed by atoms with Crippen molar-refractivity contribution in [3.05, 3.63) is 79.7 Å². The molecule has 0 saturated carbocycles. The zero-order valence-electron chi connectivity index (χ0n) is 19.9. The molecule has 0 unspecified atom stereocenters. The first-order chi connectivity index (χ1) is 17.6. The van der Waals surface area contributed by atoms with Crippen molar-refractivity contribution < 1.29 is 13.2 Å². The number of aromatic nitrogens is 8. The molecule has 0 amide bonds. The largest absolute Gasteiger partial charge is 0.332 e. The van der Waals surface area contributed by atoms with Gasteiger partial charge in [0.05, 0.1) is 12.1 Å². The summed E-state index contributed by atoms with van der Waals surface area (Å²) in [6.07, 6.45) is 2.34. The maximum Gasteiger partial charge on any atom is 0.332 e. The molecule has 1 aromatic carbocycles. The number of fused-ring (bicyclic) bond motifs is 1. The van der Waals surface area contributed by atoms with E-state index in [0.717, 1.165) is 29.5 Å². The van der Waals surface area contributed by atoms with Gasteiger partial charge in [0, 0.05) is 19.5 Å². The van der Waals surface area contributed by atoms with Gasteiger partial charge in [0.15, 0.2) is 17.0 Å². The summed E-state index contributed by atoms with van der Waals surface area (Å²) in [4.78, 5) is 33.9. The van der Waals surface area contributed by atoms with E-state index >= 15 is 0 Å². The molecule has 37 heavy (non-hydrogen) atoms. The molecule has 0 fully saturated rings. The van der Waals surface area contributed by atoms with Crippen molar-refractivity contribution in [3.63, 3.8) is 0 Å². The van der Waals surface area contributed by atoms with Crippen molar-refractivity contribution in [2.45, 2.75) is 58.2 Å². The zero-order valence-corrected chi connectivity index (χ0v) is 20.7. The van der Waals surface area contributed by atoms with Crippen LogP contribution >= 0.6 is 11.6 Å². The van der Waals surface area contributed by atoms with Crippen LogP contribution in [-0.2, 0) is 32.0 Å². The molecule has 14 heteroatoms. The van der Waals surface area contributed by atoms with Gasteiger partial charge in [0.1, 0.15) is 5.82 Å². The van der Waals surface area contributed by atoms with Crippen molar-refractivity contribution >= 4 is 22.8 Å². The van der Waals surface area contributed by atoms with Crippen molar-refractivity contribution in [1.82, 2.24) is 39.3 Å². The van der Waals surface area contributed by atoms with E-state index in [0.29, 0.717) is 24.6 Å². The minimum Gasteiger partial charge on any atom is -0.323 e. The molecule has 1 N–H and O–H groups in total. The molecule has 10 nitrogen and oxygen atoms in total. The number of halogens is 4. The first-order valence-electron chi connectivity index (χ1n) is 11.6. The predicted molar refractivity (Wildman–Crippen MR) is 130 cm³/mol. The summed E-state index contributed by atoms with van der Waals surface area (Å²) >= 11 is 5.94. The Labute approximate surface area is 213 Å². The van der Waals surface area contributed by atoms with Gasteiger partial charge in [-0.25, -0.2) is 9.18 Å². The Morgan fingerprint density at radius 1 is 1.16 bits per heavy atom. The minimum atomic E-state index is -3.51. The Kier molecular flexibility index (Phi) is 7.62. The molecule has 0 spiro atoms. The van der Waals surface area contributed by atoms with Crippen molar-refractivity contribution in [2.75, 3.05) is 0 Å². The van der Waals surface area contributed by atoms with Crippen molar-refractivity contribution in [3.8, 4) is 0 Å². The molecule has 196 valence electrons. The number of imidazole rings is 1. The quantitative estimate of drug-likeness (QED) is 0.232. The number of nitrogens with zero attached hydrogens (tertiary/aromatic N) is 7. The van der Waals surface area contributed by atoms with Crippen LogP contribution in [0.3, 0.4) is 0 Å². The van der Waals surface area contributed by atoms with Crippen LogP contribution in [0, 0.1) is 5.82 Å². The van der Waals surface area contributed by atoms with Gasteiger partial charge in [-0.15, -0.1) is 10.2 Å². The lowest BCUT2D eigenvalue weighted by Gasteiger charge is -2.13. The molecule has 4 aromatic rings. The van der Waals surface area contributed by atoms with E-state index in [1.54, 1.807) is 0 Å². The number of rotatable bonds is 11. The SMILES string of the molecule is C=CC(F)(F)c1cc(Cc2nnn(CCCn3c(=O)c4[nH]c(Cl)nc4n(CCCC)c3=O)n2)ccc1F. The highest BCUT2D eigenvalue weighted by Crippen LogP contribution is 2.31. The second-order valence-electron chi connectivity index (χ2n) is 8.44. The number of alkyl halides is 2. The number of hydrogen-bond acceptors (Lipinski definition) is 6. The van der Waals surface area contributed by atoms with Gasteiger partial charge in [0.2, 0.25) is 5.28 Å². The molecule has 0 aliphatic carbocycles. The first-order valence-corrected chi connectivity index (χ1v) is 12.0. The zero-order chi connectivity index (χ0) is 26.7. The Morgan fingerprint density at radius 3 is 2.65 bits per heavy atom. The maximum atomic E-state index is 13.9. The van der Waals surface area contributed by atoms with Crippen LogP contribution in [0.1, 0.15) is 43.1 Å². The van der Waals surface area contributed by atoms with Crippen molar-refractivity contribution in [2.24, 2.45) is 0 Å². The molecular formula is C23H24ClF3N8O2. The molecule has 4 rings (SSSR count). The fraction of sp³-hybridized carbons (Fsp3) is 0.391. The van der Waals surface area contributed by atoms with E-state index in [1.807, 2.05) is 6.92 Å². The Balaban J connectivity index is 1.47. The fourth-order valence-corrected chi connectivity index (χ4v) is 4.07. The molecule has 3 heterocycles. The van der Waals surface area contributed by atoms with Gasteiger partial charge in [-0.1, -0.05) is 26.0 Å². The average molecular weight is 537 g/mol. The van der Waals surface area contributed by atoms with Crippen LogP contribution in [0.5, 0.6) is 0 Å². The van der Waals surface area contributed by atoms with E-state index in [-0.39, 0.29) is 41.8 Å². The van der Waals surface area contributed by atoms with Crippen LogP contribution < -0.4 is 11.2 Å². The van der Waals surface area contributed by atoms with E-state index < -0.39 is 28.6 Å². The fourth-order valence-electron chi connectivity index (χ4n) is 3.90. The van der Waals surface area contributed by atoms with Crippen molar-refractivity contribution in [1.29, 1.82) is 0 Å². The molecule has 0 radical (unpaired) electrons. The number of nitrogens with one attached hydrogen (secondary N) is 1. The van der Waals surface area contributed by atoms with Gasteiger partial charge in [-0.05, 0) is 53.4 Å². The lowest BCUT2D eigenvalue weighted by atomic mass is 10.0. The number of allylic oxidation sites excluding steroid dienone is 1. The number of unbranched alkanes of at least 4 members (excludes halogenated alkanes) is 1. The van der Waals surface area contributed by atoms with Crippen LogP contribution in [0.4, 0.5) is 13.2 Å². The van der Waals surface area contributed by atoms with E-state index in [2.05, 4.69) is 32.0 Å². The number of aryl methyl sites for hydroxylation is 2. The molecule has 0 aliphatic rings. The standard InChI is InChI=1S/C23H24ClF3N8O2/c1-3-5-9-33-19-18(28-21(24)29-19)20(36)34(22(33)37)10-6-11-35-31-17(30-32-35)13-14-7-8-16(25)15(12-14)23(26,27)4-2/h4,7-8,12H,2-3,5-6,9-11,13H2,1H3,(H,28,29). The summed E-state index contributed by atoms with van der Waals surface area (Å²) in [6, 6.07) is 3.37. The Hall–Kier alpha value is -3.74. The number of tetrazole rings is 1. The predicted octanol–water partition coefficient (Wildman–Crippen LogP) is 3.42. The summed E-state index contributed by atoms with van der Waals surface area (Å²) in [6.45, 7) is 5.76. The van der Waals surface area contributed by atoms with Crippen LogP contribution in [0.25, 0.3) is 11.2 Å². The Bertz CT molecular complexity index is 1560. The van der Waals surface area contributed by atoms with E-state index in [1.165, 1.54) is 15.4 Å². The van der Waals surface area contributed by atoms with Crippen LogP contribution in [0.15, 0.2) is 40.4 Å². The molecular weight excluding hydrogens is 513 g/mol. The van der Waals surface area contributed by atoms with Gasteiger partial charge in [-0.3, -0.25) is 13.9 Å². The molecule has 3 aromatic heterocycles. The summed E-state index contributed by atoms with van der Waals surface area (Å²) < 4.78 is 44.2. The highest BCUT2D eigenvalue weighted by atomic mass is 35.5. The summed E-state index contributed by atoms with van der Waals surface area (Å²) in [5, 5.41) is 12.1. The number of hydrogen-bond donors (Lipinski definition) is 1. The summed E-state index contributed by atoms with van der Waals surface area (Å²) in [5.74, 6) is -4.31. The average Bonchev–Trinajstić information content (AvgIpc) is 3.48. The first kappa shape index (κ1) is 26.3. The highest BCUT2D eigenvalue weighted by molar-refractivity contribution is 6.28. The van der Waals surface area contributed by atoms with Gasteiger partial charge < -0.3 is 4.98 Å². The van der Waals surface area contributed by atoms with Crippen LogP contribution in [-0.4, -0.2) is 39.3 Å². The third kappa shape index (κ3) is 5.50. The third-order valence-electron chi connectivity index (χ3n) is 5.81. The lowest BCUT2D eigenvalue weighted by Crippen LogP contribution is -2.40. The normalized spacial score (nSPS) is 11.9. The second kappa shape index (κ2) is 10.7. The minimum absolute atomic E-state index is 0.0235. The number of H-pyrrole nitrogens is 1. The highest BCUT2D eigenvalue weighted by Gasteiger charge is 2.31. The summed E-state index contributed by atoms with van der Waals surface area (Å²) in [5.41, 5.74) is -1.03. The molecule has 0 bridgehead atoms. The monoisotopic (exact) mass is 536 g/mol. The smallest absolute Gasteiger partial charge is 0.323 e. The summed E-state index contributed by atoms with van der Waals surface area (Å²) in [7, 11) is 0. The van der Waals surface area contributed by atoms with E-state index in [9.17, 15) is 22.8 Å². The number of aromatic amines is 1. The molecule has 0 aliphatic heterocycles. The molecule has 0 saturated heterocycles. The van der Waals surface area contributed by atoms with Gasteiger partial charge >= 0.3 is 5.69 Å². The molecule has 0 atom stereocenters. The Morgan fingerprint density at radius 2 is 1.92 bits per heavy atom. The van der Waals surface area contributed by atoms with Crippen LogP contribution in [0.2, 0.25) is 5.28 Å². The topological polar surface area (TPSA) is 116 Å². The van der Waals surface area contributed by atoms with Gasteiger partial charge in [-0.2, -0.15) is 18.6 Å². The number of benzene rings is 1. The van der Waals surface area contributed by atoms with E-state index in [4.69, 9.17) is 11.6 Å². The maximum absolute atomic E-state index is 13.9. The third-order valence-corrected chi connectivity index (χ3v) is 5.99.